The van der Waals surface area contributed by atoms with Crippen LogP contribution in [0.25, 0.3) is 0 Å². The number of benzene rings is 1. The third kappa shape index (κ3) is 23.4. The van der Waals surface area contributed by atoms with E-state index in [2.05, 4.69) is 48.7 Å². The average molecular weight is 409 g/mol. The Kier molecular flexibility index (Phi) is 27.7. The SMILES string of the molecule is C#CC=C.C=C/C=C\N=CC(=O)N(O)Cc1ccccc1.C=CCCl.CCl. The van der Waals surface area contributed by atoms with Crippen LogP contribution < -0.4 is 0 Å². The van der Waals surface area contributed by atoms with Crippen LogP contribution in [0.15, 0.2) is 85.6 Å². The number of hydrogen-bond acceptors (Lipinski definition) is 3. The molecule has 0 aromatic heterocycles. The number of nitrogens with zero attached hydrogens (tertiary/aromatic N) is 2. The van der Waals surface area contributed by atoms with E-state index >= 15 is 0 Å². The molecule has 0 aliphatic heterocycles. The minimum Gasteiger partial charge on any atom is -0.285 e. The number of amides is 1. The van der Waals surface area contributed by atoms with Crippen LogP contribution in [0.4, 0.5) is 0 Å². The van der Waals surface area contributed by atoms with Crippen molar-refractivity contribution in [2.24, 2.45) is 4.99 Å². The van der Waals surface area contributed by atoms with Crippen LogP contribution >= 0.6 is 23.2 Å². The van der Waals surface area contributed by atoms with E-state index in [0.717, 1.165) is 11.8 Å². The van der Waals surface area contributed by atoms with Gasteiger partial charge >= 0.3 is 0 Å². The number of carbonyl (C=O) groups is 1. The van der Waals surface area contributed by atoms with Gasteiger partial charge in [0.15, 0.2) is 0 Å². The van der Waals surface area contributed by atoms with Gasteiger partial charge in [0, 0.05) is 18.5 Å². The predicted octanol–water partition coefficient (Wildman–Crippen LogP) is 5.25. The summed E-state index contributed by atoms with van der Waals surface area (Å²) in [5, 5.41) is 10.1. The molecule has 0 unspecified atom stereocenters. The van der Waals surface area contributed by atoms with E-state index in [9.17, 15) is 10.0 Å². The molecular formula is C21H26Cl2N2O2. The number of aliphatic imine (C=N–C) groups is 1. The van der Waals surface area contributed by atoms with Gasteiger partial charge in [-0.25, -0.2) is 5.06 Å². The Morgan fingerprint density at radius 2 is 1.81 bits per heavy atom. The number of terminal acetylenes is 1. The molecule has 0 saturated heterocycles. The van der Waals surface area contributed by atoms with Gasteiger partial charge in [-0.2, -0.15) is 0 Å². The molecule has 27 heavy (non-hydrogen) atoms. The number of hydroxylamine groups is 2. The smallest absolute Gasteiger partial charge is 0.285 e. The first-order chi connectivity index (χ1) is 13.1. The highest BCUT2D eigenvalue weighted by atomic mass is 35.5. The number of rotatable bonds is 6. The normalized spacial score (nSPS) is 8.56. The molecule has 6 heteroatoms. The zero-order chi connectivity index (χ0) is 21.3. The molecule has 0 heterocycles. The van der Waals surface area contributed by atoms with Crippen molar-refractivity contribution in [3.8, 4) is 12.3 Å². The zero-order valence-electron chi connectivity index (χ0n) is 15.5. The van der Waals surface area contributed by atoms with Crippen LogP contribution in [0.2, 0.25) is 0 Å². The molecule has 1 aromatic rings. The van der Waals surface area contributed by atoms with Crippen LogP contribution in [0.5, 0.6) is 0 Å². The molecule has 1 aromatic carbocycles. The van der Waals surface area contributed by atoms with E-state index in [-0.39, 0.29) is 6.54 Å². The standard InChI is InChI=1S/C13H14N2O2.C4H4.C3H5Cl.CH3Cl/c1-2-3-9-14-10-13(16)15(17)11-12-7-5-4-6-8-12;1-3-4-2;1-2-3-4;1-2/h2-10,17H,1,11H2;1,4H,2H2;2H,1,3H2;1H3/b9-3-,14-10?;;;. The fourth-order valence-corrected chi connectivity index (χ4v) is 1.12. The maximum atomic E-state index is 11.4. The molecular weight excluding hydrogens is 383 g/mol. The van der Waals surface area contributed by atoms with Crippen molar-refractivity contribution in [1.29, 1.82) is 0 Å². The van der Waals surface area contributed by atoms with Crippen molar-refractivity contribution in [2.45, 2.75) is 6.54 Å². The Bertz CT molecular complexity index is 606. The molecule has 0 aliphatic carbocycles. The summed E-state index contributed by atoms with van der Waals surface area (Å²) < 4.78 is 0. The molecule has 0 atom stereocenters. The first-order valence-electron chi connectivity index (χ1n) is 7.54. The predicted molar refractivity (Wildman–Crippen MR) is 118 cm³/mol. The maximum absolute atomic E-state index is 11.4. The zero-order valence-corrected chi connectivity index (χ0v) is 17.0. The van der Waals surface area contributed by atoms with Gasteiger partial charge in [-0.15, -0.1) is 36.2 Å². The van der Waals surface area contributed by atoms with Gasteiger partial charge in [-0.3, -0.25) is 15.0 Å². The highest BCUT2D eigenvalue weighted by molar-refractivity contribution is 6.25. The number of carbonyl (C=O) groups excluding carboxylic acids is 1. The van der Waals surface area contributed by atoms with Gasteiger partial charge in [-0.05, 0) is 17.7 Å². The second-order valence-electron chi connectivity index (χ2n) is 4.05. The number of hydrogen-bond donors (Lipinski definition) is 1. The summed E-state index contributed by atoms with van der Waals surface area (Å²) in [6.07, 6.45) is 14.8. The van der Waals surface area contributed by atoms with Crippen molar-refractivity contribution in [3.63, 3.8) is 0 Å². The van der Waals surface area contributed by atoms with Crippen LogP contribution in [-0.4, -0.2) is 34.7 Å². The number of halogens is 2. The lowest BCUT2D eigenvalue weighted by molar-refractivity contribution is -0.158. The highest BCUT2D eigenvalue weighted by Crippen LogP contribution is 2.01. The Balaban J connectivity index is -0.000000480. The molecule has 0 fully saturated rings. The van der Waals surface area contributed by atoms with Gasteiger partial charge in [0.05, 0.1) is 12.8 Å². The van der Waals surface area contributed by atoms with E-state index < -0.39 is 5.91 Å². The summed E-state index contributed by atoms with van der Waals surface area (Å²) in [5.41, 5.74) is 0.846. The Hall–Kier alpha value is -2.58. The van der Waals surface area contributed by atoms with Gasteiger partial charge in [-0.1, -0.05) is 61.6 Å². The molecule has 0 radical (unpaired) electrons. The second kappa shape index (κ2) is 25.7. The first kappa shape index (κ1) is 29.2. The molecule has 0 bridgehead atoms. The van der Waals surface area contributed by atoms with E-state index in [0.29, 0.717) is 10.9 Å². The first-order valence-corrected chi connectivity index (χ1v) is 8.83. The van der Waals surface area contributed by atoms with Crippen molar-refractivity contribution in [3.05, 3.63) is 86.1 Å². The molecule has 4 nitrogen and oxygen atoms in total. The maximum Gasteiger partial charge on any atom is 0.288 e. The topological polar surface area (TPSA) is 52.9 Å². The van der Waals surface area contributed by atoms with Gasteiger partial charge < -0.3 is 0 Å². The molecule has 0 aliphatic rings. The fraction of sp³-hybridized carbons (Fsp3) is 0.143. The van der Waals surface area contributed by atoms with Crippen LogP contribution in [0.1, 0.15) is 5.56 Å². The monoisotopic (exact) mass is 408 g/mol. The van der Waals surface area contributed by atoms with Crippen LogP contribution in [-0.2, 0) is 11.3 Å². The van der Waals surface area contributed by atoms with E-state index in [1.165, 1.54) is 18.7 Å². The van der Waals surface area contributed by atoms with Crippen molar-refractivity contribution >= 4 is 35.3 Å². The summed E-state index contributed by atoms with van der Waals surface area (Å²) in [6, 6.07) is 9.20. The summed E-state index contributed by atoms with van der Waals surface area (Å²) in [4.78, 5) is 15.1. The van der Waals surface area contributed by atoms with Crippen molar-refractivity contribution in [1.82, 2.24) is 5.06 Å². The minimum atomic E-state index is -0.567. The molecule has 0 saturated carbocycles. The molecule has 146 valence electrons. The van der Waals surface area contributed by atoms with Crippen LogP contribution in [0.3, 0.4) is 0 Å². The number of alkyl halides is 2. The van der Waals surface area contributed by atoms with Crippen LogP contribution in [0, 0.1) is 12.3 Å². The van der Waals surface area contributed by atoms with E-state index in [1.54, 1.807) is 18.2 Å². The third-order valence-electron chi connectivity index (χ3n) is 2.15. The highest BCUT2D eigenvalue weighted by Gasteiger charge is 2.07. The van der Waals surface area contributed by atoms with E-state index in [1.807, 2.05) is 30.3 Å². The van der Waals surface area contributed by atoms with Gasteiger partial charge in [0.2, 0.25) is 0 Å². The largest absolute Gasteiger partial charge is 0.288 e. The summed E-state index contributed by atoms with van der Waals surface area (Å²) in [5.74, 6) is 2.18. The second-order valence-corrected chi connectivity index (χ2v) is 4.36. The third-order valence-corrected chi connectivity index (χ3v) is 2.37. The molecule has 1 amide bonds. The lowest BCUT2D eigenvalue weighted by atomic mass is 10.2. The summed E-state index contributed by atoms with van der Waals surface area (Å²) >= 11 is 9.71. The van der Waals surface area contributed by atoms with Gasteiger partial charge in [0.25, 0.3) is 5.91 Å². The Morgan fingerprint density at radius 3 is 2.22 bits per heavy atom. The Labute approximate surface area is 172 Å². The van der Waals surface area contributed by atoms with Crippen molar-refractivity contribution in [2.75, 3.05) is 12.3 Å². The van der Waals surface area contributed by atoms with Crippen molar-refractivity contribution < 1.29 is 10.0 Å². The quantitative estimate of drug-likeness (QED) is 0.133. The molecule has 0 spiro atoms. The lowest BCUT2D eigenvalue weighted by Gasteiger charge is -2.11. The Morgan fingerprint density at radius 1 is 1.30 bits per heavy atom. The summed E-state index contributed by atoms with van der Waals surface area (Å²) in [6.45, 7) is 10.2. The minimum absolute atomic E-state index is 0.136. The molecule has 1 N–H and O–H groups in total. The number of allylic oxidation sites excluding steroid dienone is 4. The molecule has 1 rings (SSSR count). The average Bonchev–Trinajstić information content (AvgIpc) is 2.73. The van der Waals surface area contributed by atoms with Gasteiger partial charge in [0.1, 0.15) is 0 Å². The fourth-order valence-electron chi connectivity index (χ4n) is 1.12. The van der Waals surface area contributed by atoms with E-state index in [4.69, 9.17) is 11.6 Å². The summed E-state index contributed by atoms with van der Waals surface area (Å²) in [7, 11) is 0. The lowest BCUT2D eigenvalue weighted by Crippen LogP contribution is -2.27.